The maximum atomic E-state index is 12.9. The second kappa shape index (κ2) is 6.74. The number of nitrogens with one attached hydrogen (secondary N) is 2. The number of thiol groups is 1. The molecule has 0 fully saturated rings. The number of anilines is 1. The third-order valence-corrected chi connectivity index (χ3v) is 3.79. The van der Waals surface area contributed by atoms with E-state index in [2.05, 4.69) is 23.3 Å². The molecule has 1 aliphatic heterocycles. The molecule has 8 heteroatoms. The van der Waals surface area contributed by atoms with E-state index < -0.39 is 23.4 Å². The first-order valence-corrected chi connectivity index (χ1v) is 8.10. The van der Waals surface area contributed by atoms with Gasteiger partial charge in [-0.05, 0) is 57.4 Å². The Labute approximate surface area is 144 Å². The van der Waals surface area contributed by atoms with E-state index in [0.29, 0.717) is 17.7 Å². The smallest absolute Gasteiger partial charge is 0.416 e. The van der Waals surface area contributed by atoms with Gasteiger partial charge in [0.25, 0.3) is 0 Å². The van der Waals surface area contributed by atoms with Crippen molar-refractivity contribution in [3.8, 4) is 0 Å². The molecule has 2 unspecified atom stereocenters. The van der Waals surface area contributed by atoms with Crippen molar-refractivity contribution >= 4 is 24.4 Å². The molecule has 4 nitrogen and oxygen atoms in total. The van der Waals surface area contributed by atoms with E-state index in [9.17, 15) is 18.0 Å². The van der Waals surface area contributed by atoms with E-state index >= 15 is 0 Å². The summed E-state index contributed by atoms with van der Waals surface area (Å²) in [6.45, 7) is 5.23. The molecule has 24 heavy (non-hydrogen) atoms. The van der Waals surface area contributed by atoms with Crippen molar-refractivity contribution in [1.82, 2.24) is 5.32 Å². The molecule has 1 aliphatic rings. The van der Waals surface area contributed by atoms with Crippen LogP contribution in [0.1, 0.15) is 38.3 Å². The molecular formula is C16H21F3N2O2S. The van der Waals surface area contributed by atoms with Gasteiger partial charge in [-0.1, -0.05) is 0 Å². The quantitative estimate of drug-likeness (QED) is 0.656. The number of amides is 1. The Morgan fingerprint density at radius 3 is 2.58 bits per heavy atom. The highest BCUT2D eigenvalue weighted by Crippen LogP contribution is 2.34. The van der Waals surface area contributed by atoms with Gasteiger partial charge in [0, 0.05) is 11.7 Å². The fourth-order valence-corrected chi connectivity index (χ4v) is 2.91. The Bertz CT molecular complexity index is 614. The molecule has 0 saturated heterocycles. The van der Waals surface area contributed by atoms with Crippen LogP contribution in [0.25, 0.3) is 0 Å². The van der Waals surface area contributed by atoms with Crippen LogP contribution < -0.4 is 10.6 Å². The highest BCUT2D eigenvalue weighted by molar-refractivity contribution is 7.81. The highest BCUT2D eigenvalue weighted by atomic mass is 32.1. The molecule has 2 rings (SSSR count). The number of benzene rings is 1. The van der Waals surface area contributed by atoms with E-state index in [1.807, 2.05) is 0 Å². The average molecular weight is 362 g/mol. The van der Waals surface area contributed by atoms with Crippen molar-refractivity contribution < 1.29 is 22.7 Å². The Morgan fingerprint density at radius 2 is 2.00 bits per heavy atom. The van der Waals surface area contributed by atoms with Gasteiger partial charge in [-0.15, -0.1) is 0 Å². The lowest BCUT2D eigenvalue weighted by molar-refractivity contribution is -0.137. The summed E-state index contributed by atoms with van der Waals surface area (Å²) in [6, 6.07) is 3.17. The number of hydrogen-bond acceptors (Lipinski definition) is 4. The number of rotatable bonds is 1. The van der Waals surface area contributed by atoms with Crippen LogP contribution in [0.4, 0.5) is 23.7 Å². The van der Waals surface area contributed by atoms with Gasteiger partial charge >= 0.3 is 12.3 Å². The molecule has 0 radical (unpaired) electrons. The van der Waals surface area contributed by atoms with E-state index in [0.717, 1.165) is 12.1 Å². The average Bonchev–Trinajstić information content (AvgIpc) is 2.51. The third kappa shape index (κ3) is 5.22. The summed E-state index contributed by atoms with van der Waals surface area (Å²) in [7, 11) is 0. The third-order valence-electron chi connectivity index (χ3n) is 3.45. The molecule has 2 N–H and O–H groups in total. The molecule has 1 aromatic rings. The van der Waals surface area contributed by atoms with Crippen molar-refractivity contribution in [1.29, 1.82) is 0 Å². The lowest BCUT2D eigenvalue weighted by Crippen LogP contribution is -2.41. The minimum absolute atomic E-state index is 0.266. The normalized spacial score (nSPS) is 21.3. The van der Waals surface area contributed by atoms with Crippen LogP contribution in [0, 0.1) is 0 Å². The Kier molecular flexibility index (Phi) is 5.27. The van der Waals surface area contributed by atoms with Crippen molar-refractivity contribution in [2.75, 3.05) is 5.32 Å². The second-order valence-corrected chi connectivity index (χ2v) is 7.44. The monoisotopic (exact) mass is 362 g/mol. The zero-order chi connectivity index (χ0) is 18.1. The molecule has 1 heterocycles. The van der Waals surface area contributed by atoms with Gasteiger partial charge in [-0.3, -0.25) is 0 Å². The van der Waals surface area contributed by atoms with Gasteiger partial charge in [0.05, 0.1) is 10.9 Å². The second-order valence-electron chi connectivity index (χ2n) is 6.81. The van der Waals surface area contributed by atoms with Crippen molar-refractivity contribution in [2.24, 2.45) is 0 Å². The number of ether oxygens (including phenoxy) is 1. The SMILES string of the molecule is CC(C)(C)OC(=O)NC1Cc2cc(C(F)(F)F)ccc2NC(S)C1. The standard InChI is InChI=1S/C16H21F3N2O2S/c1-15(2,3)23-14(22)20-11-7-9-6-10(16(17,18)19)4-5-12(9)21-13(24)8-11/h4-6,11,13,21,24H,7-8H2,1-3H3,(H,20,22). The lowest BCUT2D eigenvalue weighted by Gasteiger charge is -2.23. The number of carbonyl (C=O) groups excluding carboxylic acids is 1. The summed E-state index contributed by atoms with van der Waals surface area (Å²) in [5.41, 5.74) is -0.273. The summed E-state index contributed by atoms with van der Waals surface area (Å²) in [6.07, 6.45) is -4.28. The van der Waals surface area contributed by atoms with Gasteiger partial charge in [-0.2, -0.15) is 25.8 Å². The molecule has 0 aliphatic carbocycles. The summed E-state index contributed by atoms with van der Waals surface area (Å²) in [4.78, 5) is 11.9. The first kappa shape index (κ1) is 18.8. The van der Waals surface area contributed by atoms with Gasteiger partial charge in [-0.25, -0.2) is 4.79 Å². The van der Waals surface area contributed by atoms with E-state index in [1.165, 1.54) is 6.07 Å². The zero-order valence-electron chi connectivity index (χ0n) is 13.7. The molecular weight excluding hydrogens is 341 g/mol. The summed E-state index contributed by atoms with van der Waals surface area (Å²) >= 11 is 4.38. The lowest BCUT2D eigenvalue weighted by atomic mass is 10.0. The Hall–Kier alpha value is -1.57. The van der Waals surface area contributed by atoms with E-state index in [-0.39, 0.29) is 17.8 Å². The maximum Gasteiger partial charge on any atom is 0.416 e. The Morgan fingerprint density at radius 1 is 1.33 bits per heavy atom. The van der Waals surface area contributed by atoms with Gasteiger partial charge in [0.1, 0.15) is 5.60 Å². The molecule has 0 spiro atoms. The number of hydrogen-bond donors (Lipinski definition) is 3. The van der Waals surface area contributed by atoms with Crippen molar-refractivity contribution in [3.05, 3.63) is 29.3 Å². The molecule has 1 aromatic carbocycles. The summed E-state index contributed by atoms with van der Waals surface area (Å²) < 4.78 is 43.9. The van der Waals surface area contributed by atoms with Crippen LogP contribution in [-0.4, -0.2) is 23.1 Å². The van der Waals surface area contributed by atoms with Crippen LogP contribution in [0.5, 0.6) is 0 Å². The fourth-order valence-electron chi connectivity index (χ4n) is 2.52. The minimum Gasteiger partial charge on any atom is -0.444 e. The highest BCUT2D eigenvalue weighted by Gasteiger charge is 2.32. The first-order valence-electron chi connectivity index (χ1n) is 7.58. The van der Waals surface area contributed by atoms with Crippen LogP contribution in [0.3, 0.4) is 0 Å². The first-order chi connectivity index (χ1) is 10.9. The molecule has 1 amide bonds. The summed E-state index contributed by atoms with van der Waals surface area (Å²) in [5.74, 6) is 0. The van der Waals surface area contributed by atoms with Gasteiger partial charge in [0.15, 0.2) is 0 Å². The molecule has 0 saturated carbocycles. The Balaban J connectivity index is 2.19. The number of alkyl halides is 3. The predicted molar refractivity (Wildman–Crippen MR) is 89.3 cm³/mol. The van der Waals surface area contributed by atoms with Gasteiger partial charge < -0.3 is 15.4 Å². The molecule has 0 bridgehead atoms. The van der Waals surface area contributed by atoms with Crippen molar-refractivity contribution in [2.45, 2.75) is 56.8 Å². The largest absolute Gasteiger partial charge is 0.444 e. The van der Waals surface area contributed by atoms with E-state index in [4.69, 9.17) is 4.74 Å². The predicted octanol–water partition coefficient (Wildman–Crippen LogP) is 4.21. The molecule has 134 valence electrons. The topological polar surface area (TPSA) is 50.4 Å². The number of halogens is 3. The van der Waals surface area contributed by atoms with Gasteiger partial charge in [0.2, 0.25) is 0 Å². The van der Waals surface area contributed by atoms with Crippen LogP contribution in [0.2, 0.25) is 0 Å². The van der Waals surface area contributed by atoms with Crippen LogP contribution in [0.15, 0.2) is 18.2 Å². The maximum absolute atomic E-state index is 12.9. The van der Waals surface area contributed by atoms with Crippen LogP contribution in [-0.2, 0) is 17.3 Å². The molecule has 2 atom stereocenters. The van der Waals surface area contributed by atoms with Crippen molar-refractivity contribution in [3.63, 3.8) is 0 Å². The number of alkyl carbamates (subject to hydrolysis) is 1. The van der Waals surface area contributed by atoms with Crippen LogP contribution >= 0.6 is 12.6 Å². The minimum atomic E-state index is -4.41. The zero-order valence-corrected chi connectivity index (χ0v) is 14.6. The summed E-state index contributed by atoms with van der Waals surface area (Å²) in [5, 5.41) is 5.48. The number of fused-ring (bicyclic) bond motifs is 1. The molecule has 0 aromatic heterocycles. The fraction of sp³-hybridized carbons (Fsp3) is 0.562. The number of carbonyl (C=O) groups is 1. The van der Waals surface area contributed by atoms with E-state index in [1.54, 1.807) is 20.8 Å².